The largest absolute Gasteiger partial charge is 0.388 e. The summed E-state index contributed by atoms with van der Waals surface area (Å²) in [7, 11) is 3.92. The number of likely N-dealkylation sites (N-methyl/N-ethyl adjacent to an activating group) is 1. The van der Waals surface area contributed by atoms with Crippen LogP contribution in [0.3, 0.4) is 0 Å². The molecule has 4 heteroatoms. The van der Waals surface area contributed by atoms with Crippen LogP contribution in [0.2, 0.25) is 0 Å². The van der Waals surface area contributed by atoms with Crippen LogP contribution in [-0.4, -0.2) is 32.1 Å². The van der Waals surface area contributed by atoms with E-state index in [1.165, 1.54) is 6.20 Å². The van der Waals surface area contributed by atoms with Gasteiger partial charge in [0.15, 0.2) is 0 Å². The number of nitrogens with zero attached hydrogens (tertiary/aromatic N) is 3. The average Bonchev–Trinajstić information content (AvgIpc) is 2.04. The van der Waals surface area contributed by atoms with Crippen LogP contribution < -0.4 is 5.32 Å². The van der Waals surface area contributed by atoms with Crippen LogP contribution >= 0.6 is 0 Å². The van der Waals surface area contributed by atoms with Gasteiger partial charge < -0.3 is 10.2 Å². The van der Waals surface area contributed by atoms with Crippen molar-refractivity contribution in [3.63, 3.8) is 0 Å². The number of hydrogen-bond donors (Lipinski definition) is 1. The zero-order valence-electron chi connectivity index (χ0n) is 7.33. The van der Waals surface area contributed by atoms with E-state index in [1.807, 2.05) is 19.0 Å². The summed E-state index contributed by atoms with van der Waals surface area (Å²) in [6, 6.07) is 3.53. The fourth-order valence-electron chi connectivity index (χ4n) is 0.552. The molecule has 64 valence electrons. The van der Waals surface area contributed by atoms with Crippen molar-refractivity contribution >= 4 is 0 Å². The second kappa shape index (κ2) is 6.21. The second-order valence-corrected chi connectivity index (χ2v) is 2.54. The van der Waals surface area contributed by atoms with Gasteiger partial charge in [0, 0.05) is 19.3 Å². The first-order valence-corrected chi connectivity index (χ1v) is 3.59. The molecule has 1 N–H and O–H groups in total. The van der Waals surface area contributed by atoms with Crippen molar-refractivity contribution < 1.29 is 0 Å². The Labute approximate surface area is 72.7 Å². The standard InChI is InChI=1S/C8H12N4/c1-12(2)4-3-11-7-8(5-9)6-10/h7,11H,3-4H2,1-2H3. The zero-order chi connectivity index (χ0) is 9.40. The number of allylic oxidation sites excluding steroid dienone is 1. The van der Waals surface area contributed by atoms with Gasteiger partial charge in [-0.25, -0.2) is 0 Å². The van der Waals surface area contributed by atoms with E-state index in [2.05, 4.69) is 5.32 Å². The Morgan fingerprint density at radius 3 is 2.42 bits per heavy atom. The first-order valence-electron chi connectivity index (χ1n) is 3.59. The van der Waals surface area contributed by atoms with Gasteiger partial charge >= 0.3 is 0 Å². The second-order valence-electron chi connectivity index (χ2n) is 2.54. The molecular formula is C8H12N4. The van der Waals surface area contributed by atoms with Crippen molar-refractivity contribution in [1.29, 1.82) is 10.5 Å². The van der Waals surface area contributed by atoms with E-state index < -0.39 is 0 Å². The van der Waals surface area contributed by atoms with Gasteiger partial charge in [-0.2, -0.15) is 10.5 Å². The van der Waals surface area contributed by atoms with E-state index in [1.54, 1.807) is 12.1 Å². The topological polar surface area (TPSA) is 62.9 Å². The Morgan fingerprint density at radius 2 is 2.00 bits per heavy atom. The van der Waals surface area contributed by atoms with E-state index in [4.69, 9.17) is 10.5 Å². The average molecular weight is 164 g/mol. The molecule has 0 aliphatic heterocycles. The molecule has 0 fully saturated rings. The van der Waals surface area contributed by atoms with Crippen LogP contribution in [0.4, 0.5) is 0 Å². The minimum atomic E-state index is 0.105. The molecular weight excluding hydrogens is 152 g/mol. The van der Waals surface area contributed by atoms with Crippen LogP contribution in [-0.2, 0) is 0 Å². The van der Waals surface area contributed by atoms with E-state index in [0.29, 0.717) is 0 Å². The molecule has 0 spiro atoms. The van der Waals surface area contributed by atoms with Crippen LogP contribution in [0.15, 0.2) is 11.8 Å². The molecule has 0 rings (SSSR count). The molecule has 0 aromatic carbocycles. The Hall–Kier alpha value is -1.52. The lowest BCUT2D eigenvalue weighted by atomic mass is 10.3. The molecule has 0 aromatic heterocycles. The molecule has 0 bridgehead atoms. The van der Waals surface area contributed by atoms with E-state index in [-0.39, 0.29) is 5.57 Å². The third-order valence-corrected chi connectivity index (χ3v) is 1.19. The molecule has 0 aromatic rings. The molecule has 0 unspecified atom stereocenters. The summed E-state index contributed by atoms with van der Waals surface area (Å²) in [5.74, 6) is 0. The maximum absolute atomic E-state index is 8.34. The van der Waals surface area contributed by atoms with Gasteiger partial charge in [0.05, 0.1) is 0 Å². The molecule has 4 nitrogen and oxygen atoms in total. The van der Waals surface area contributed by atoms with Crippen molar-refractivity contribution in [2.75, 3.05) is 27.2 Å². The van der Waals surface area contributed by atoms with E-state index >= 15 is 0 Å². The molecule has 0 saturated heterocycles. The monoisotopic (exact) mass is 164 g/mol. The highest BCUT2D eigenvalue weighted by molar-refractivity contribution is 5.34. The fourth-order valence-corrected chi connectivity index (χ4v) is 0.552. The first kappa shape index (κ1) is 10.5. The summed E-state index contributed by atoms with van der Waals surface area (Å²) in [5, 5.41) is 19.6. The molecule has 12 heavy (non-hydrogen) atoms. The summed E-state index contributed by atoms with van der Waals surface area (Å²) >= 11 is 0. The Morgan fingerprint density at radius 1 is 1.42 bits per heavy atom. The summed E-state index contributed by atoms with van der Waals surface area (Å²) in [6.07, 6.45) is 1.43. The van der Waals surface area contributed by atoms with Crippen molar-refractivity contribution in [3.8, 4) is 12.1 Å². The van der Waals surface area contributed by atoms with Crippen LogP contribution in [0.1, 0.15) is 0 Å². The lowest BCUT2D eigenvalue weighted by Crippen LogP contribution is -2.23. The van der Waals surface area contributed by atoms with Gasteiger partial charge in [-0.05, 0) is 14.1 Å². The lowest BCUT2D eigenvalue weighted by molar-refractivity contribution is 0.410. The van der Waals surface area contributed by atoms with E-state index in [0.717, 1.165) is 13.1 Å². The Kier molecular flexibility index (Phi) is 5.42. The van der Waals surface area contributed by atoms with E-state index in [9.17, 15) is 0 Å². The molecule has 0 amide bonds. The van der Waals surface area contributed by atoms with Gasteiger partial charge in [-0.15, -0.1) is 0 Å². The molecule has 0 aliphatic carbocycles. The molecule has 0 atom stereocenters. The molecule has 0 aliphatic rings. The fraction of sp³-hybridized carbons (Fsp3) is 0.500. The van der Waals surface area contributed by atoms with Gasteiger partial charge in [-0.1, -0.05) is 0 Å². The lowest BCUT2D eigenvalue weighted by Gasteiger charge is -2.08. The van der Waals surface area contributed by atoms with Crippen LogP contribution in [0, 0.1) is 22.7 Å². The van der Waals surface area contributed by atoms with Crippen molar-refractivity contribution in [2.45, 2.75) is 0 Å². The highest BCUT2D eigenvalue weighted by atomic mass is 15.1. The number of nitrogens with one attached hydrogen (secondary N) is 1. The Balaban J connectivity index is 3.62. The van der Waals surface area contributed by atoms with Gasteiger partial charge in [0.25, 0.3) is 0 Å². The van der Waals surface area contributed by atoms with Crippen molar-refractivity contribution in [1.82, 2.24) is 10.2 Å². The summed E-state index contributed by atoms with van der Waals surface area (Å²) in [4.78, 5) is 2.01. The summed E-state index contributed by atoms with van der Waals surface area (Å²) in [6.45, 7) is 1.61. The van der Waals surface area contributed by atoms with Crippen molar-refractivity contribution in [3.05, 3.63) is 11.8 Å². The minimum Gasteiger partial charge on any atom is -0.388 e. The maximum atomic E-state index is 8.34. The Bertz CT molecular complexity index is 212. The van der Waals surface area contributed by atoms with Gasteiger partial charge in [-0.3, -0.25) is 0 Å². The number of rotatable bonds is 4. The van der Waals surface area contributed by atoms with Gasteiger partial charge in [0.1, 0.15) is 17.7 Å². The summed E-state index contributed by atoms with van der Waals surface area (Å²) < 4.78 is 0. The predicted octanol–water partition coefficient (Wildman–Crippen LogP) is 0.0687. The third-order valence-electron chi connectivity index (χ3n) is 1.19. The predicted molar refractivity (Wildman–Crippen MR) is 45.9 cm³/mol. The summed E-state index contributed by atoms with van der Waals surface area (Å²) in [5.41, 5.74) is 0.105. The maximum Gasteiger partial charge on any atom is 0.145 e. The first-order chi connectivity index (χ1) is 5.70. The van der Waals surface area contributed by atoms with Gasteiger partial charge in [0.2, 0.25) is 0 Å². The molecule has 0 heterocycles. The normalized spacial score (nSPS) is 8.42. The number of nitriles is 2. The highest BCUT2D eigenvalue weighted by Crippen LogP contribution is 1.84. The van der Waals surface area contributed by atoms with Crippen molar-refractivity contribution in [2.24, 2.45) is 0 Å². The highest BCUT2D eigenvalue weighted by Gasteiger charge is 1.90. The smallest absolute Gasteiger partial charge is 0.145 e. The minimum absolute atomic E-state index is 0.105. The molecule has 0 saturated carbocycles. The molecule has 0 radical (unpaired) electrons. The third kappa shape index (κ3) is 5.28. The quantitative estimate of drug-likeness (QED) is 0.471. The van der Waals surface area contributed by atoms with Crippen LogP contribution in [0.25, 0.3) is 0 Å². The zero-order valence-corrected chi connectivity index (χ0v) is 7.33. The van der Waals surface area contributed by atoms with Crippen LogP contribution in [0.5, 0.6) is 0 Å². The SMILES string of the molecule is CN(C)CCNC=C(C#N)C#N. The number of hydrogen-bond acceptors (Lipinski definition) is 4.